The van der Waals surface area contributed by atoms with E-state index < -0.39 is 0 Å². The first-order valence-electron chi connectivity index (χ1n) is 11.2. The van der Waals surface area contributed by atoms with Gasteiger partial charge in [-0.05, 0) is 91.4 Å². The number of amides is 1. The fourth-order valence-corrected chi connectivity index (χ4v) is 8.04. The van der Waals surface area contributed by atoms with Crippen LogP contribution in [0.3, 0.4) is 0 Å². The molecule has 0 aromatic heterocycles. The number of carbonyl (C=O) groups excluding carboxylic acids is 1. The molecule has 4 aliphatic rings. The highest BCUT2D eigenvalue weighted by Crippen LogP contribution is 2.67. The highest BCUT2D eigenvalue weighted by atomic mass is 16.3. The third-order valence-electron chi connectivity index (χ3n) is 9.53. The number of hydrogen-bond acceptors (Lipinski definition) is 3. The molecule has 1 amide bonds. The van der Waals surface area contributed by atoms with Gasteiger partial charge in [-0.1, -0.05) is 26.0 Å². The zero-order valence-corrected chi connectivity index (χ0v) is 17.8. The maximum Gasteiger partial charge on any atom is 0.246 e. The van der Waals surface area contributed by atoms with Gasteiger partial charge in [0.1, 0.15) is 0 Å². The molecule has 1 aromatic carbocycles. The molecule has 4 heteroatoms. The van der Waals surface area contributed by atoms with Gasteiger partial charge in [0.2, 0.25) is 5.91 Å². The van der Waals surface area contributed by atoms with Gasteiger partial charge in [0, 0.05) is 18.5 Å². The average Bonchev–Trinajstić information content (AvgIpc) is 3.04. The van der Waals surface area contributed by atoms with Crippen LogP contribution in [0.4, 0.5) is 0 Å². The van der Waals surface area contributed by atoms with E-state index >= 15 is 0 Å². The number of rotatable bonds is 1. The molecule has 156 valence electrons. The Labute approximate surface area is 173 Å². The molecule has 2 unspecified atom stereocenters. The van der Waals surface area contributed by atoms with E-state index in [2.05, 4.69) is 19.9 Å². The molecule has 0 saturated heterocycles. The molecule has 2 N–H and O–H groups in total. The lowest BCUT2D eigenvalue weighted by Gasteiger charge is -2.60. The van der Waals surface area contributed by atoms with E-state index in [-0.39, 0.29) is 28.2 Å². The molecule has 0 radical (unpaired) electrons. The number of benzene rings is 1. The first-order chi connectivity index (χ1) is 13.8. The van der Waals surface area contributed by atoms with Crippen LogP contribution in [0.25, 0.3) is 0 Å². The van der Waals surface area contributed by atoms with Crippen LogP contribution in [-0.4, -0.2) is 34.1 Å². The fraction of sp³-hybridized carbons (Fsp3) is 0.640. The van der Waals surface area contributed by atoms with E-state index in [1.165, 1.54) is 31.2 Å². The van der Waals surface area contributed by atoms with Crippen molar-refractivity contribution in [2.75, 3.05) is 7.05 Å². The van der Waals surface area contributed by atoms with E-state index in [4.69, 9.17) is 0 Å². The smallest absolute Gasteiger partial charge is 0.246 e. The van der Waals surface area contributed by atoms with Gasteiger partial charge < -0.3 is 15.1 Å². The van der Waals surface area contributed by atoms with E-state index in [9.17, 15) is 15.0 Å². The number of likely N-dealkylation sites (N-methyl/N-ethyl adjacent to an activating group) is 1. The van der Waals surface area contributed by atoms with Crippen LogP contribution in [0.1, 0.15) is 63.9 Å². The van der Waals surface area contributed by atoms with E-state index in [1.807, 2.05) is 24.1 Å². The zero-order chi connectivity index (χ0) is 20.6. The summed E-state index contributed by atoms with van der Waals surface area (Å²) in [5.41, 5.74) is 1.50. The summed E-state index contributed by atoms with van der Waals surface area (Å²) in [5, 5.41) is 19.8. The standard InChI is InChI=1S/C25H33NO3/c1-24-12-10-19-16(5-9-22-25(19,2)13-11-23(29)26(22)3)18(24)7-6-17(24)15-4-8-20(27)21(28)14-15/h4,8,11,13-14,16-19,22,27-28H,5-7,9-10,12H2,1-3H3/t16-,17?,18-,19+,22?,24+,25+/m0/s1. The van der Waals surface area contributed by atoms with Crippen LogP contribution in [-0.2, 0) is 4.79 Å². The van der Waals surface area contributed by atoms with Crippen LogP contribution in [0, 0.1) is 28.6 Å². The zero-order valence-electron chi connectivity index (χ0n) is 17.8. The van der Waals surface area contributed by atoms with Gasteiger partial charge in [-0.15, -0.1) is 0 Å². The summed E-state index contributed by atoms with van der Waals surface area (Å²) in [7, 11) is 1.98. The number of nitrogens with zero attached hydrogens (tertiary/aromatic N) is 1. The van der Waals surface area contributed by atoms with E-state index in [1.54, 1.807) is 12.1 Å². The highest BCUT2D eigenvalue weighted by Gasteiger charge is 2.60. The lowest BCUT2D eigenvalue weighted by molar-refractivity contribution is -0.138. The minimum absolute atomic E-state index is 0.00342. The molecule has 3 saturated carbocycles. The summed E-state index contributed by atoms with van der Waals surface area (Å²) in [6, 6.07) is 5.75. The average molecular weight is 396 g/mol. The Morgan fingerprint density at radius 1 is 1.00 bits per heavy atom. The third-order valence-corrected chi connectivity index (χ3v) is 9.53. The monoisotopic (exact) mass is 395 g/mol. The van der Waals surface area contributed by atoms with Gasteiger partial charge in [-0.2, -0.15) is 0 Å². The molecule has 1 aromatic rings. The quantitative estimate of drug-likeness (QED) is 0.670. The van der Waals surface area contributed by atoms with Crippen molar-refractivity contribution >= 4 is 5.91 Å². The summed E-state index contributed by atoms with van der Waals surface area (Å²) in [6.07, 6.45) is 11.2. The number of phenolic OH excluding ortho intramolecular Hbond substituents is 2. The van der Waals surface area contributed by atoms with Crippen molar-refractivity contribution in [2.24, 2.45) is 28.6 Å². The summed E-state index contributed by atoms with van der Waals surface area (Å²) >= 11 is 0. The van der Waals surface area contributed by atoms with Gasteiger partial charge in [-0.25, -0.2) is 0 Å². The second-order valence-corrected chi connectivity index (χ2v) is 10.5. The molecule has 4 nitrogen and oxygen atoms in total. The van der Waals surface area contributed by atoms with Crippen LogP contribution < -0.4 is 0 Å². The summed E-state index contributed by atoms with van der Waals surface area (Å²) in [4.78, 5) is 14.2. The Balaban J connectivity index is 1.47. The largest absolute Gasteiger partial charge is 0.504 e. The number of aromatic hydroxyl groups is 2. The topological polar surface area (TPSA) is 60.8 Å². The fourth-order valence-electron chi connectivity index (χ4n) is 8.04. The molecule has 29 heavy (non-hydrogen) atoms. The number of phenols is 2. The normalized spacial score (nSPS) is 43.6. The Bertz CT molecular complexity index is 879. The van der Waals surface area contributed by atoms with E-state index in [0.717, 1.165) is 12.8 Å². The van der Waals surface area contributed by atoms with Gasteiger partial charge >= 0.3 is 0 Å². The first-order valence-corrected chi connectivity index (χ1v) is 11.2. The lowest BCUT2D eigenvalue weighted by atomic mass is 9.47. The van der Waals surface area contributed by atoms with Crippen LogP contribution in [0.15, 0.2) is 30.4 Å². The number of fused-ring (bicyclic) bond motifs is 5. The van der Waals surface area contributed by atoms with E-state index in [0.29, 0.717) is 29.7 Å². The Hall–Kier alpha value is -1.97. The summed E-state index contributed by atoms with van der Waals surface area (Å²) in [5.74, 6) is 2.59. The Kier molecular flexibility index (Phi) is 4.11. The maximum absolute atomic E-state index is 12.2. The highest BCUT2D eigenvalue weighted by molar-refractivity contribution is 5.89. The lowest BCUT2D eigenvalue weighted by Crippen LogP contribution is -2.59. The molecular formula is C25H33NO3. The van der Waals surface area contributed by atoms with Crippen molar-refractivity contribution in [3.05, 3.63) is 35.9 Å². The third kappa shape index (κ3) is 2.53. The van der Waals surface area contributed by atoms with Crippen molar-refractivity contribution in [3.63, 3.8) is 0 Å². The molecular weight excluding hydrogens is 362 g/mol. The van der Waals surface area contributed by atoms with Gasteiger partial charge in [0.15, 0.2) is 11.5 Å². The maximum atomic E-state index is 12.2. The van der Waals surface area contributed by atoms with Crippen LogP contribution in [0.5, 0.6) is 11.5 Å². The van der Waals surface area contributed by atoms with Crippen molar-refractivity contribution in [1.82, 2.24) is 4.90 Å². The summed E-state index contributed by atoms with van der Waals surface area (Å²) in [6.45, 7) is 4.86. The second-order valence-electron chi connectivity index (χ2n) is 10.5. The Morgan fingerprint density at radius 2 is 1.79 bits per heavy atom. The molecule has 7 atom stereocenters. The molecule has 0 bridgehead atoms. The molecule has 1 heterocycles. The van der Waals surface area contributed by atoms with Crippen LogP contribution >= 0.6 is 0 Å². The van der Waals surface area contributed by atoms with Gasteiger partial charge in [0.25, 0.3) is 0 Å². The molecule has 3 aliphatic carbocycles. The molecule has 3 fully saturated rings. The predicted molar refractivity (Wildman–Crippen MR) is 113 cm³/mol. The van der Waals surface area contributed by atoms with Crippen molar-refractivity contribution < 1.29 is 15.0 Å². The number of carbonyl (C=O) groups is 1. The molecule has 5 rings (SSSR count). The Morgan fingerprint density at radius 3 is 2.55 bits per heavy atom. The predicted octanol–water partition coefficient (Wildman–Crippen LogP) is 4.82. The SMILES string of the molecule is CN1C(=O)C=C[C@@]2(C)C1CC[C@@H]1[C@H]2CC[C@]2(C)C(c3ccc(O)c(O)c3)CC[C@@H]12. The molecule has 0 spiro atoms. The minimum Gasteiger partial charge on any atom is -0.504 e. The van der Waals surface area contributed by atoms with Gasteiger partial charge in [0.05, 0.1) is 0 Å². The number of hydrogen-bond donors (Lipinski definition) is 2. The second kappa shape index (κ2) is 6.26. The van der Waals surface area contributed by atoms with Crippen molar-refractivity contribution in [1.29, 1.82) is 0 Å². The summed E-state index contributed by atoms with van der Waals surface area (Å²) < 4.78 is 0. The first kappa shape index (κ1) is 19.0. The van der Waals surface area contributed by atoms with Gasteiger partial charge in [-0.3, -0.25) is 4.79 Å². The van der Waals surface area contributed by atoms with Crippen LogP contribution in [0.2, 0.25) is 0 Å². The van der Waals surface area contributed by atoms with Crippen molar-refractivity contribution in [3.8, 4) is 11.5 Å². The molecule has 1 aliphatic heterocycles. The van der Waals surface area contributed by atoms with Crippen molar-refractivity contribution in [2.45, 2.75) is 64.3 Å². The minimum atomic E-state index is -0.0360.